The van der Waals surface area contributed by atoms with E-state index in [1.54, 1.807) is 4.90 Å². The van der Waals surface area contributed by atoms with Gasteiger partial charge in [-0.3, -0.25) is 4.90 Å². The zero-order chi connectivity index (χ0) is 11.1. The fraction of sp³-hybridized carbons (Fsp3) is 0.727. The molecule has 0 radical (unpaired) electrons. The Morgan fingerprint density at radius 1 is 1.60 bits per heavy atom. The van der Waals surface area contributed by atoms with E-state index in [1.807, 2.05) is 27.0 Å². The van der Waals surface area contributed by atoms with Gasteiger partial charge in [-0.1, -0.05) is 0 Å². The zero-order valence-electron chi connectivity index (χ0n) is 9.54. The van der Waals surface area contributed by atoms with Crippen LogP contribution in [-0.2, 0) is 4.74 Å². The van der Waals surface area contributed by atoms with Gasteiger partial charge in [0.1, 0.15) is 5.60 Å². The molecule has 1 amide bonds. The number of carbonyl (C=O) groups excluding carboxylic acids is 1. The van der Waals surface area contributed by atoms with Crippen molar-refractivity contribution in [3.05, 3.63) is 11.8 Å². The molecule has 0 spiro atoms. The van der Waals surface area contributed by atoms with E-state index in [2.05, 4.69) is 5.32 Å². The molecular formula is C11H18N2O2. The number of hydrogen-bond donors (Lipinski definition) is 1. The van der Waals surface area contributed by atoms with Gasteiger partial charge in [-0.15, -0.1) is 0 Å². The minimum atomic E-state index is -0.411. The molecule has 1 atom stereocenters. The van der Waals surface area contributed by atoms with Crippen molar-refractivity contribution in [1.82, 2.24) is 10.2 Å². The first-order valence-electron chi connectivity index (χ1n) is 5.36. The number of nitrogens with one attached hydrogen (secondary N) is 1. The highest BCUT2D eigenvalue weighted by Crippen LogP contribution is 2.25. The van der Waals surface area contributed by atoms with Crippen LogP contribution in [0.15, 0.2) is 11.8 Å². The van der Waals surface area contributed by atoms with Gasteiger partial charge in [0, 0.05) is 31.8 Å². The average Bonchev–Trinajstić information content (AvgIpc) is 2.56. The van der Waals surface area contributed by atoms with Crippen LogP contribution in [-0.4, -0.2) is 36.2 Å². The fourth-order valence-corrected chi connectivity index (χ4v) is 1.94. The number of rotatable bonds is 0. The van der Waals surface area contributed by atoms with Crippen LogP contribution >= 0.6 is 0 Å². The van der Waals surface area contributed by atoms with E-state index < -0.39 is 5.60 Å². The van der Waals surface area contributed by atoms with E-state index in [4.69, 9.17) is 4.74 Å². The van der Waals surface area contributed by atoms with E-state index in [0.29, 0.717) is 5.92 Å². The Morgan fingerprint density at radius 3 is 2.93 bits per heavy atom. The normalized spacial score (nSPS) is 25.1. The van der Waals surface area contributed by atoms with Crippen molar-refractivity contribution in [2.45, 2.75) is 26.4 Å². The number of amides is 1. The molecule has 2 aliphatic rings. The summed E-state index contributed by atoms with van der Waals surface area (Å²) in [6.07, 6.45) is 1.70. The van der Waals surface area contributed by atoms with Gasteiger partial charge in [-0.05, 0) is 26.3 Å². The van der Waals surface area contributed by atoms with Crippen LogP contribution in [0.4, 0.5) is 4.79 Å². The first-order chi connectivity index (χ1) is 6.96. The van der Waals surface area contributed by atoms with Crippen molar-refractivity contribution in [3.8, 4) is 0 Å². The van der Waals surface area contributed by atoms with Gasteiger partial charge in [0.05, 0.1) is 0 Å². The van der Waals surface area contributed by atoms with Gasteiger partial charge < -0.3 is 10.1 Å². The van der Waals surface area contributed by atoms with Gasteiger partial charge in [-0.25, -0.2) is 4.79 Å². The van der Waals surface area contributed by atoms with Crippen LogP contribution in [0.1, 0.15) is 20.8 Å². The van der Waals surface area contributed by atoms with Crippen molar-refractivity contribution < 1.29 is 9.53 Å². The van der Waals surface area contributed by atoms with E-state index in [1.165, 1.54) is 5.57 Å². The topological polar surface area (TPSA) is 41.6 Å². The molecule has 2 rings (SSSR count). The van der Waals surface area contributed by atoms with Gasteiger partial charge >= 0.3 is 6.09 Å². The molecule has 0 aromatic heterocycles. The van der Waals surface area contributed by atoms with E-state index in [0.717, 1.165) is 19.6 Å². The summed E-state index contributed by atoms with van der Waals surface area (Å²) in [5.74, 6) is 0.498. The predicted octanol–water partition coefficient (Wildman–Crippen LogP) is 1.34. The Morgan fingerprint density at radius 2 is 2.33 bits per heavy atom. The summed E-state index contributed by atoms with van der Waals surface area (Å²) in [5.41, 5.74) is 0.909. The van der Waals surface area contributed by atoms with Crippen molar-refractivity contribution in [2.24, 2.45) is 5.92 Å². The van der Waals surface area contributed by atoms with Crippen molar-refractivity contribution >= 4 is 6.09 Å². The van der Waals surface area contributed by atoms with E-state index in [-0.39, 0.29) is 6.09 Å². The monoisotopic (exact) mass is 210 g/mol. The van der Waals surface area contributed by atoms with Crippen LogP contribution in [0.5, 0.6) is 0 Å². The quantitative estimate of drug-likeness (QED) is 0.656. The Balaban J connectivity index is 1.97. The van der Waals surface area contributed by atoms with Crippen LogP contribution in [0.2, 0.25) is 0 Å². The molecule has 1 saturated heterocycles. The average molecular weight is 210 g/mol. The summed E-state index contributed by atoms with van der Waals surface area (Å²) in [5, 5.41) is 3.28. The Bertz CT molecular complexity index is 304. The first kappa shape index (κ1) is 10.5. The molecule has 2 aliphatic heterocycles. The number of hydrogen-bond acceptors (Lipinski definition) is 3. The molecule has 0 aromatic carbocycles. The second-order valence-corrected chi connectivity index (χ2v) is 5.16. The fourth-order valence-electron chi connectivity index (χ4n) is 1.94. The molecule has 15 heavy (non-hydrogen) atoms. The molecule has 2 heterocycles. The maximum absolute atomic E-state index is 11.7. The summed E-state index contributed by atoms with van der Waals surface area (Å²) < 4.78 is 5.31. The lowest BCUT2D eigenvalue weighted by atomic mass is 10.1. The molecule has 1 N–H and O–H groups in total. The highest BCUT2D eigenvalue weighted by molar-refractivity contribution is 5.70. The van der Waals surface area contributed by atoms with Gasteiger partial charge in [0.15, 0.2) is 0 Å². The van der Waals surface area contributed by atoms with Crippen LogP contribution in [0, 0.1) is 5.92 Å². The van der Waals surface area contributed by atoms with Crippen LogP contribution < -0.4 is 5.32 Å². The lowest BCUT2D eigenvalue weighted by molar-refractivity contribution is 0.0339. The molecule has 4 nitrogen and oxygen atoms in total. The number of nitrogens with zero attached hydrogens (tertiary/aromatic N) is 1. The summed E-state index contributed by atoms with van der Waals surface area (Å²) in [6, 6.07) is 0. The molecule has 1 unspecified atom stereocenters. The smallest absolute Gasteiger partial charge is 0.414 e. The van der Waals surface area contributed by atoms with Crippen molar-refractivity contribution in [3.63, 3.8) is 0 Å². The second-order valence-electron chi connectivity index (χ2n) is 5.16. The third kappa shape index (κ3) is 2.31. The standard InChI is InChI=1S/C11H18N2O2/c1-11(2,3)15-10(14)13-6-8-4-12-5-9(8)7-13/h6,9,12H,4-5,7H2,1-3H3. The van der Waals surface area contributed by atoms with E-state index >= 15 is 0 Å². The lowest BCUT2D eigenvalue weighted by Crippen LogP contribution is -2.34. The van der Waals surface area contributed by atoms with E-state index in [9.17, 15) is 4.79 Å². The maximum Gasteiger partial charge on any atom is 0.414 e. The SMILES string of the molecule is CC(C)(C)OC(=O)N1C=C2CNCC2C1. The number of ether oxygens (including phenoxy) is 1. The Labute approximate surface area is 90.3 Å². The van der Waals surface area contributed by atoms with Crippen LogP contribution in [0.25, 0.3) is 0 Å². The second kappa shape index (κ2) is 3.52. The van der Waals surface area contributed by atoms with Gasteiger partial charge in [0.2, 0.25) is 0 Å². The molecule has 84 valence electrons. The lowest BCUT2D eigenvalue weighted by Gasteiger charge is -2.23. The molecule has 0 aromatic rings. The van der Waals surface area contributed by atoms with Crippen molar-refractivity contribution in [1.29, 1.82) is 0 Å². The predicted molar refractivity (Wildman–Crippen MR) is 57.4 cm³/mol. The maximum atomic E-state index is 11.7. The summed E-state index contributed by atoms with van der Waals surface area (Å²) >= 11 is 0. The molecule has 0 saturated carbocycles. The van der Waals surface area contributed by atoms with Crippen molar-refractivity contribution in [2.75, 3.05) is 19.6 Å². The molecule has 1 fully saturated rings. The number of carbonyl (C=O) groups is 1. The largest absolute Gasteiger partial charge is 0.443 e. The zero-order valence-corrected chi connectivity index (χ0v) is 9.54. The first-order valence-corrected chi connectivity index (χ1v) is 5.36. The highest BCUT2D eigenvalue weighted by Gasteiger charge is 2.32. The molecule has 0 aliphatic carbocycles. The third-order valence-electron chi connectivity index (χ3n) is 2.61. The minimum Gasteiger partial charge on any atom is -0.443 e. The summed E-state index contributed by atoms with van der Waals surface area (Å²) in [4.78, 5) is 13.4. The highest BCUT2D eigenvalue weighted by atomic mass is 16.6. The molecular weight excluding hydrogens is 192 g/mol. The number of fused-ring (bicyclic) bond motifs is 1. The Kier molecular flexibility index (Phi) is 2.46. The Hall–Kier alpha value is -1.03. The van der Waals surface area contributed by atoms with Crippen LogP contribution in [0.3, 0.4) is 0 Å². The van der Waals surface area contributed by atoms with Gasteiger partial charge in [-0.2, -0.15) is 0 Å². The minimum absolute atomic E-state index is 0.232. The third-order valence-corrected chi connectivity index (χ3v) is 2.61. The summed E-state index contributed by atoms with van der Waals surface area (Å²) in [6.45, 7) is 8.30. The molecule has 4 heteroatoms. The van der Waals surface area contributed by atoms with Gasteiger partial charge in [0.25, 0.3) is 0 Å². The summed E-state index contributed by atoms with van der Waals surface area (Å²) in [7, 11) is 0. The molecule has 0 bridgehead atoms.